The Bertz CT molecular complexity index is 171. The molecule has 0 aromatic heterocycles. The molecule has 0 bridgehead atoms. The summed E-state index contributed by atoms with van der Waals surface area (Å²) in [7, 11) is 0. The minimum Gasteiger partial charge on any atom is -0.369 e. The monoisotopic (exact) mass is 214 g/mol. The van der Waals surface area contributed by atoms with Gasteiger partial charge in [-0.15, -0.1) is 0 Å². The number of carbonyl (C=O) groups excluding carboxylic acids is 1. The first-order valence-electron chi connectivity index (χ1n) is 6.14. The van der Waals surface area contributed by atoms with Crippen molar-refractivity contribution in [2.24, 2.45) is 11.7 Å². The first kappa shape index (κ1) is 14.4. The van der Waals surface area contributed by atoms with Crippen molar-refractivity contribution >= 4 is 5.91 Å². The number of hydrogen-bond donors (Lipinski definition) is 2. The molecule has 90 valence electrons. The average molecular weight is 214 g/mol. The van der Waals surface area contributed by atoms with Crippen molar-refractivity contribution in [1.29, 1.82) is 0 Å². The second-order valence-electron chi connectivity index (χ2n) is 4.34. The summed E-state index contributed by atoms with van der Waals surface area (Å²) in [4.78, 5) is 10.9. The molecular weight excluding hydrogens is 188 g/mol. The highest BCUT2D eigenvalue weighted by molar-refractivity contribution is 5.76. The molecule has 3 heteroatoms. The number of nitrogens with two attached hydrogens (primary N) is 1. The van der Waals surface area contributed by atoms with Crippen molar-refractivity contribution in [3.63, 3.8) is 0 Å². The van der Waals surface area contributed by atoms with E-state index in [1.807, 2.05) is 6.92 Å². The maximum absolute atomic E-state index is 10.9. The first-order chi connectivity index (χ1) is 7.11. The first-order valence-corrected chi connectivity index (χ1v) is 6.14. The van der Waals surface area contributed by atoms with Gasteiger partial charge in [0.15, 0.2) is 0 Å². The molecule has 2 atom stereocenters. The topological polar surface area (TPSA) is 55.1 Å². The zero-order valence-corrected chi connectivity index (χ0v) is 10.4. The van der Waals surface area contributed by atoms with Crippen LogP contribution in [0.3, 0.4) is 0 Å². The molecule has 0 radical (unpaired) electrons. The number of unbranched alkanes of at least 4 members (excludes halogenated alkanes) is 1. The molecular formula is C12H26N2O. The molecule has 0 saturated heterocycles. The van der Waals surface area contributed by atoms with Crippen molar-refractivity contribution in [3.8, 4) is 0 Å². The third-order valence-electron chi connectivity index (χ3n) is 2.74. The van der Waals surface area contributed by atoms with Crippen molar-refractivity contribution in [2.75, 3.05) is 6.54 Å². The van der Waals surface area contributed by atoms with Gasteiger partial charge >= 0.3 is 0 Å². The fourth-order valence-corrected chi connectivity index (χ4v) is 1.59. The molecule has 3 nitrogen and oxygen atoms in total. The quantitative estimate of drug-likeness (QED) is 0.617. The van der Waals surface area contributed by atoms with Gasteiger partial charge in [-0.05, 0) is 12.8 Å². The molecule has 0 rings (SSSR count). The third-order valence-corrected chi connectivity index (χ3v) is 2.74. The lowest BCUT2D eigenvalue weighted by Crippen LogP contribution is -2.37. The largest absolute Gasteiger partial charge is 0.369 e. The molecule has 0 saturated carbocycles. The number of hydrogen-bond acceptors (Lipinski definition) is 2. The maximum Gasteiger partial charge on any atom is 0.221 e. The highest BCUT2D eigenvalue weighted by Gasteiger charge is 2.11. The van der Waals surface area contributed by atoms with E-state index in [0.29, 0.717) is 12.6 Å². The summed E-state index contributed by atoms with van der Waals surface area (Å²) in [5, 5.41) is 3.44. The predicted molar refractivity (Wildman–Crippen MR) is 64.6 cm³/mol. The summed E-state index contributed by atoms with van der Waals surface area (Å²) < 4.78 is 0. The van der Waals surface area contributed by atoms with Crippen LogP contribution in [0.15, 0.2) is 0 Å². The van der Waals surface area contributed by atoms with Crippen molar-refractivity contribution in [2.45, 2.75) is 58.9 Å². The Labute approximate surface area is 93.8 Å². The van der Waals surface area contributed by atoms with Crippen LogP contribution >= 0.6 is 0 Å². The van der Waals surface area contributed by atoms with Gasteiger partial charge in [-0.25, -0.2) is 0 Å². The van der Waals surface area contributed by atoms with E-state index >= 15 is 0 Å². The molecule has 2 unspecified atom stereocenters. The van der Waals surface area contributed by atoms with E-state index in [-0.39, 0.29) is 11.8 Å². The van der Waals surface area contributed by atoms with Gasteiger partial charge in [-0.3, -0.25) is 4.79 Å². The standard InChI is InChI=1S/C12H26N2O/c1-4-6-8-11(7-5-2)14-9-10(3)12(13)15/h10-11,14H,4-9H2,1-3H3,(H2,13,15). The lowest BCUT2D eigenvalue weighted by atomic mass is 10.0. The maximum atomic E-state index is 10.9. The van der Waals surface area contributed by atoms with E-state index in [9.17, 15) is 4.79 Å². The van der Waals surface area contributed by atoms with Gasteiger partial charge in [0, 0.05) is 18.5 Å². The van der Waals surface area contributed by atoms with E-state index < -0.39 is 0 Å². The Balaban J connectivity index is 3.78. The van der Waals surface area contributed by atoms with Gasteiger partial charge in [0.25, 0.3) is 0 Å². The van der Waals surface area contributed by atoms with Crippen LogP contribution in [0.4, 0.5) is 0 Å². The summed E-state index contributed by atoms with van der Waals surface area (Å²) in [5.74, 6) is -0.278. The normalized spacial score (nSPS) is 14.9. The van der Waals surface area contributed by atoms with Gasteiger partial charge in [0.05, 0.1) is 0 Å². The summed E-state index contributed by atoms with van der Waals surface area (Å²) in [5.41, 5.74) is 5.22. The SMILES string of the molecule is CCCCC(CCC)NCC(C)C(N)=O. The molecule has 0 aromatic rings. The Morgan fingerprint density at radius 1 is 1.27 bits per heavy atom. The minimum atomic E-state index is -0.215. The van der Waals surface area contributed by atoms with Crippen LogP contribution in [0.1, 0.15) is 52.9 Å². The van der Waals surface area contributed by atoms with E-state index in [1.165, 1.54) is 32.1 Å². The summed E-state index contributed by atoms with van der Waals surface area (Å²) in [6.45, 7) is 6.98. The van der Waals surface area contributed by atoms with Crippen molar-refractivity contribution in [1.82, 2.24) is 5.32 Å². The number of rotatable bonds is 9. The van der Waals surface area contributed by atoms with Crippen LogP contribution in [0, 0.1) is 5.92 Å². The van der Waals surface area contributed by atoms with E-state index in [1.54, 1.807) is 0 Å². The smallest absolute Gasteiger partial charge is 0.221 e. The number of primary amides is 1. The zero-order chi connectivity index (χ0) is 11.7. The van der Waals surface area contributed by atoms with E-state index in [4.69, 9.17) is 5.73 Å². The predicted octanol–water partition coefficient (Wildman–Crippen LogP) is 2.06. The van der Waals surface area contributed by atoms with E-state index in [2.05, 4.69) is 19.2 Å². The Kier molecular flexibility index (Phi) is 8.38. The molecule has 1 amide bonds. The zero-order valence-electron chi connectivity index (χ0n) is 10.4. The Morgan fingerprint density at radius 3 is 2.40 bits per heavy atom. The van der Waals surface area contributed by atoms with Gasteiger partial charge in [0.1, 0.15) is 0 Å². The average Bonchev–Trinajstić information content (AvgIpc) is 2.21. The molecule has 0 aromatic carbocycles. The molecule has 0 heterocycles. The highest BCUT2D eigenvalue weighted by Crippen LogP contribution is 2.07. The fourth-order valence-electron chi connectivity index (χ4n) is 1.59. The van der Waals surface area contributed by atoms with Crippen molar-refractivity contribution in [3.05, 3.63) is 0 Å². The lowest BCUT2D eigenvalue weighted by Gasteiger charge is -2.19. The number of amides is 1. The molecule has 0 spiro atoms. The van der Waals surface area contributed by atoms with Crippen LogP contribution in [0.2, 0.25) is 0 Å². The summed E-state index contributed by atoms with van der Waals surface area (Å²) in [6.07, 6.45) is 6.06. The highest BCUT2D eigenvalue weighted by atomic mass is 16.1. The minimum absolute atomic E-state index is 0.0639. The fraction of sp³-hybridized carbons (Fsp3) is 0.917. The van der Waals surface area contributed by atoms with Crippen LogP contribution in [0.25, 0.3) is 0 Å². The Hall–Kier alpha value is -0.570. The number of nitrogens with one attached hydrogen (secondary N) is 1. The van der Waals surface area contributed by atoms with Gasteiger partial charge in [-0.1, -0.05) is 40.0 Å². The van der Waals surface area contributed by atoms with Crippen LogP contribution in [-0.2, 0) is 4.79 Å². The molecule has 0 aliphatic carbocycles. The molecule has 15 heavy (non-hydrogen) atoms. The van der Waals surface area contributed by atoms with Gasteiger partial charge in [0.2, 0.25) is 5.91 Å². The second-order valence-corrected chi connectivity index (χ2v) is 4.34. The molecule has 3 N–H and O–H groups in total. The van der Waals surface area contributed by atoms with Crippen LogP contribution in [0.5, 0.6) is 0 Å². The Morgan fingerprint density at radius 2 is 1.93 bits per heavy atom. The number of carbonyl (C=O) groups is 1. The van der Waals surface area contributed by atoms with Crippen molar-refractivity contribution < 1.29 is 4.79 Å². The molecule has 0 aliphatic heterocycles. The molecule has 0 aliphatic rings. The van der Waals surface area contributed by atoms with Crippen LogP contribution in [-0.4, -0.2) is 18.5 Å². The van der Waals surface area contributed by atoms with Gasteiger partial charge < -0.3 is 11.1 Å². The van der Waals surface area contributed by atoms with E-state index in [0.717, 1.165) is 0 Å². The van der Waals surface area contributed by atoms with Gasteiger partial charge in [-0.2, -0.15) is 0 Å². The van der Waals surface area contributed by atoms with Crippen LogP contribution < -0.4 is 11.1 Å². The summed E-state index contributed by atoms with van der Waals surface area (Å²) >= 11 is 0. The lowest BCUT2D eigenvalue weighted by molar-refractivity contribution is -0.121. The third kappa shape index (κ3) is 7.37. The summed E-state index contributed by atoms with van der Waals surface area (Å²) in [6, 6.07) is 0.553. The second kappa shape index (κ2) is 8.72. The molecule has 0 fully saturated rings.